The second-order valence-corrected chi connectivity index (χ2v) is 5.78. The molecule has 0 aliphatic heterocycles. The van der Waals surface area contributed by atoms with Gasteiger partial charge in [0.1, 0.15) is 4.90 Å². The van der Waals surface area contributed by atoms with Crippen molar-refractivity contribution in [2.24, 2.45) is 5.84 Å². The molecule has 0 bridgehead atoms. The fraction of sp³-hybridized carbons (Fsp3) is 0.500. The third kappa shape index (κ3) is 4.22. The number of nitrogens with two attached hydrogens (primary N) is 1. The Morgan fingerprint density at radius 3 is 2.78 bits per heavy atom. The Labute approximate surface area is 107 Å². The number of nitrogens with one attached hydrogen (secondary N) is 2. The normalized spacial score (nSPS) is 11.8. The molecule has 1 heterocycles. The lowest BCUT2D eigenvalue weighted by atomic mass is 10.4. The number of rotatable bonds is 7. The molecule has 1 rings (SSSR count). The molecule has 0 fully saturated rings. The lowest BCUT2D eigenvalue weighted by Gasteiger charge is -2.11. The number of aromatic nitrogens is 1. The van der Waals surface area contributed by atoms with Gasteiger partial charge in [0.15, 0.2) is 5.82 Å². The molecular weight excluding hydrogens is 254 g/mol. The van der Waals surface area contributed by atoms with Gasteiger partial charge in [-0.1, -0.05) is 0 Å². The van der Waals surface area contributed by atoms with Gasteiger partial charge < -0.3 is 10.3 Å². The average Bonchev–Trinajstić information content (AvgIpc) is 2.34. The molecule has 18 heavy (non-hydrogen) atoms. The highest BCUT2D eigenvalue weighted by molar-refractivity contribution is 7.89. The van der Waals surface area contributed by atoms with Crippen LogP contribution in [0.5, 0.6) is 0 Å². The van der Waals surface area contributed by atoms with Crippen LogP contribution < -0.4 is 16.0 Å². The zero-order chi connectivity index (χ0) is 13.6. The van der Waals surface area contributed by atoms with Crippen LogP contribution in [0.2, 0.25) is 0 Å². The standard InChI is InChI=1S/C10H19N5O2S/c1-15(2)8-4-7-13-18(16,17)9-5-3-6-12-10(9)14-11/h3,5-6,13H,4,7-8,11H2,1-2H3,(H,12,14). The van der Waals surface area contributed by atoms with Crippen LogP contribution in [0, 0.1) is 0 Å². The molecule has 0 saturated heterocycles. The predicted octanol–water partition coefficient (Wildman–Crippen LogP) is -0.403. The second-order valence-electron chi connectivity index (χ2n) is 4.05. The summed E-state index contributed by atoms with van der Waals surface area (Å²) in [5, 5.41) is 0. The molecule has 0 spiro atoms. The molecule has 0 atom stereocenters. The monoisotopic (exact) mass is 273 g/mol. The highest BCUT2D eigenvalue weighted by atomic mass is 32.2. The molecule has 0 aliphatic rings. The van der Waals surface area contributed by atoms with Crippen LogP contribution in [0.15, 0.2) is 23.2 Å². The first kappa shape index (κ1) is 14.8. The lowest BCUT2D eigenvalue weighted by molar-refractivity contribution is 0.400. The lowest BCUT2D eigenvalue weighted by Crippen LogP contribution is -2.28. The van der Waals surface area contributed by atoms with Crippen molar-refractivity contribution < 1.29 is 8.42 Å². The summed E-state index contributed by atoms with van der Waals surface area (Å²) in [4.78, 5) is 5.90. The molecule has 102 valence electrons. The summed E-state index contributed by atoms with van der Waals surface area (Å²) in [6.07, 6.45) is 2.21. The van der Waals surface area contributed by atoms with E-state index >= 15 is 0 Å². The van der Waals surface area contributed by atoms with E-state index in [1.165, 1.54) is 12.3 Å². The number of anilines is 1. The molecule has 1 aromatic rings. The van der Waals surface area contributed by atoms with Crippen LogP contribution in [0.3, 0.4) is 0 Å². The molecule has 7 nitrogen and oxygen atoms in total. The minimum atomic E-state index is -3.57. The number of nitrogen functional groups attached to an aromatic ring is 1. The van der Waals surface area contributed by atoms with Crippen LogP contribution in [0.4, 0.5) is 5.82 Å². The van der Waals surface area contributed by atoms with Crippen molar-refractivity contribution in [2.45, 2.75) is 11.3 Å². The van der Waals surface area contributed by atoms with Gasteiger partial charge in [0, 0.05) is 12.7 Å². The molecule has 1 aromatic heterocycles. The average molecular weight is 273 g/mol. The van der Waals surface area contributed by atoms with Crippen molar-refractivity contribution in [1.82, 2.24) is 14.6 Å². The van der Waals surface area contributed by atoms with E-state index in [-0.39, 0.29) is 10.7 Å². The van der Waals surface area contributed by atoms with Crippen LogP contribution in [0.1, 0.15) is 6.42 Å². The van der Waals surface area contributed by atoms with E-state index in [4.69, 9.17) is 5.84 Å². The SMILES string of the molecule is CN(C)CCCNS(=O)(=O)c1cccnc1NN. The van der Waals surface area contributed by atoms with E-state index in [9.17, 15) is 8.42 Å². The summed E-state index contributed by atoms with van der Waals surface area (Å²) in [5.74, 6) is 5.37. The summed E-state index contributed by atoms with van der Waals surface area (Å²) in [6.45, 7) is 1.19. The predicted molar refractivity (Wildman–Crippen MR) is 70.4 cm³/mol. The molecular formula is C10H19N5O2S. The van der Waals surface area contributed by atoms with Crippen molar-refractivity contribution in [1.29, 1.82) is 0 Å². The van der Waals surface area contributed by atoms with Crippen LogP contribution in [0.25, 0.3) is 0 Å². The van der Waals surface area contributed by atoms with Gasteiger partial charge in [-0.2, -0.15) is 0 Å². The molecule has 0 radical (unpaired) electrons. The number of sulfonamides is 1. The zero-order valence-electron chi connectivity index (χ0n) is 10.5. The van der Waals surface area contributed by atoms with Crippen LogP contribution >= 0.6 is 0 Å². The first-order valence-corrected chi connectivity index (χ1v) is 7.01. The molecule has 0 saturated carbocycles. The van der Waals surface area contributed by atoms with E-state index < -0.39 is 10.0 Å². The van der Waals surface area contributed by atoms with Crippen molar-refractivity contribution >= 4 is 15.8 Å². The van der Waals surface area contributed by atoms with E-state index in [0.29, 0.717) is 6.54 Å². The van der Waals surface area contributed by atoms with Crippen molar-refractivity contribution in [3.63, 3.8) is 0 Å². The van der Waals surface area contributed by atoms with Gasteiger partial charge in [-0.15, -0.1) is 0 Å². The van der Waals surface area contributed by atoms with E-state index in [2.05, 4.69) is 15.1 Å². The second kappa shape index (κ2) is 6.64. The third-order valence-corrected chi connectivity index (χ3v) is 3.76. The Balaban J connectivity index is 2.68. The zero-order valence-corrected chi connectivity index (χ0v) is 11.4. The fourth-order valence-electron chi connectivity index (χ4n) is 1.40. The highest BCUT2D eigenvalue weighted by Gasteiger charge is 2.18. The molecule has 0 unspecified atom stereocenters. The van der Waals surface area contributed by atoms with Crippen molar-refractivity contribution in [2.75, 3.05) is 32.6 Å². The van der Waals surface area contributed by atoms with Crippen LogP contribution in [-0.4, -0.2) is 45.5 Å². The van der Waals surface area contributed by atoms with Crippen LogP contribution in [-0.2, 0) is 10.0 Å². The summed E-state index contributed by atoms with van der Waals surface area (Å²) in [7, 11) is 0.299. The maximum absolute atomic E-state index is 12.0. The van der Waals surface area contributed by atoms with Crippen molar-refractivity contribution in [3.8, 4) is 0 Å². The highest BCUT2D eigenvalue weighted by Crippen LogP contribution is 2.16. The first-order chi connectivity index (χ1) is 8.47. The van der Waals surface area contributed by atoms with Crippen molar-refractivity contribution in [3.05, 3.63) is 18.3 Å². The van der Waals surface area contributed by atoms with Gasteiger partial charge in [0.2, 0.25) is 10.0 Å². The van der Waals surface area contributed by atoms with Gasteiger partial charge in [-0.05, 0) is 39.2 Å². The number of nitrogens with zero attached hydrogens (tertiary/aromatic N) is 2. The Kier molecular flexibility index (Phi) is 5.48. The van der Waals surface area contributed by atoms with Gasteiger partial charge >= 0.3 is 0 Å². The molecule has 0 amide bonds. The molecule has 0 aromatic carbocycles. The Bertz CT molecular complexity index is 475. The summed E-state index contributed by atoms with van der Waals surface area (Å²) >= 11 is 0. The van der Waals surface area contributed by atoms with Gasteiger partial charge in [-0.3, -0.25) is 0 Å². The maximum atomic E-state index is 12.0. The van der Waals surface area contributed by atoms with E-state index in [1.807, 2.05) is 19.0 Å². The summed E-state index contributed by atoms with van der Waals surface area (Å²) in [6, 6.07) is 3.01. The number of hydrogen-bond donors (Lipinski definition) is 3. The molecule has 8 heteroatoms. The fourth-order valence-corrected chi connectivity index (χ4v) is 2.59. The number of hydrogen-bond acceptors (Lipinski definition) is 6. The van der Waals surface area contributed by atoms with E-state index in [1.54, 1.807) is 6.07 Å². The third-order valence-electron chi connectivity index (χ3n) is 2.27. The maximum Gasteiger partial charge on any atom is 0.244 e. The van der Waals surface area contributed by atoms with Gasteiger partial charge in [0.05, 0.1) is 0 Å². The largest absolute Gasteiger partial charge is 0.309 e. The number of hydrazine groups is 1. The summed E-state index contributed by atoms with van der Waals surface area (Å²) < 4.78 is 26.5. The van der Waals surface area contributed by atoms with Gasteiger partial charge in [0.25, 0.3) is 0 Å². The topological polar surface area (TPSA) is 100 Å². The minimum Gasteiger partial charge on any atom is -0.309 e. The smallest absolute Gasteiger partial charge is 0.244 e. The number of pyridine rings is 1. The summed E-state index contributed by atoms with van der Waals surface area (Å²) in [5.41, 5.74) is 2.27. The Morgan fingerprint density at radius 1 is 1.44 bits per heavy atom. The Morgan fingerprint density at radius 2 is 2.17 bits per heavy atom. The first-order valence-electron chi connectivity index (χ1n) is 5.53. The quantitative estimate of drug-likeness (QED) is 0.355. The molecule has 4 N–H and O–H groups in total. The Hall–Kier alpha value is -1.22. The van der Waals surface area contributed by atoms with Gasteiger partial charge in [-0.25, -0.2) is 24.0 Å². The van der Waals surface area contributed by atoms with E-state index in [0.717, 1.165) is 13.0 Å². The minimum absolute atomic E-state index is 0.0531. The molecule has 0 aliphatic carbocycles.